The summed E-state index contributed by atoms with van der Waals surface area (Å²) in [6, 6.07) is 0. The van der Waals surface area contributed by atoms with Gasteiger partial charge in [0.2, 0.25) is 0 Å². The number of amides is 1. The van der Waals surface area contributed by atoms with Crippen LogP contribution in [0.3, 0.4) is 0 Å². The van der Waals surface area contributed by atoms with Crippen LogP contribution in [-0.4, -0.2) is 11.7 Å². The van der Waals surface area contributed by atoms with Gasteiger partial charge in [-0.15, -0.1) is 0 Å². The molecule has 0 unspecified atom stereocenters. The van der Waals surface area contributed by atoms with E-state index in [1.165, 1.54) is 6.20 Å². The Morgan fingerprint density at radius 3 is 2.25 bits per heavy atom. The van der Waals surface area contributed by atoms with Gasteiger partial charge in [-0.1, -0.05) is 11.6 Å². The van der Waals surface area contributed by atoms with Crippen LogP contribution in [0.1, 0.15) is 0 Å². The highest BCUT2D eigenvalue weighted by atomic mass is 35.5. The molecule has 0 spiro atoms. The van der Waals surface area contributed by atoms with E-state index in [4.69, 9.17) is 11.6 Å². The quantitative estimate of drug-likeness (QED) is 0.462. The maximum atomic E-state index is 10.3. The molecule has 1 heterocycles. The molecule has 0 aliphatic carbocycles. The van der Waals surface area contributed by atoms with Crippen molar-refractivity contribution in [3.05, 3.63) is 11.2 Å². The molecular weight excluding hydrogens is 130 g/mol. The van der Waals surface area contributed by atoms with Crippen molar-refractivity contribution in [3.63, 3.8) is 0 Å². The molecule has 1 aliphatic heterocycles. The van der Waals surface area contributed by atoms with Crippen LogP contribution in [0.25, 0.3) is 0 Å². The standard InChI is InChI=1S/C4H2ClNO2/c5-2-1-6-4(8)3(2)7/h1H,(H,6,7,8). The van der Waals surface area contributed by atoms with Gasteiger partial charge in [-0.25, -0.2) is 0 Å². The molecule has 1 N–H and O–H groups in total. The second-order valence-electron chi connectivity index (χ2n) is 1.29. The van der Waals surface area contributed by atoms with Gasteiger partial charge in [0.1, 0.15) is 5.03 Å². The second-order valence-corrected chi connectivity index (χ2v) is 1.70. The van der Waals surface area contributed by atoms with E-state index in [-0.39, 0.29) is 5.03 Å². The van der Waals surface area contributed by atoms with E-state index in [0.29, 0.717) is 0 Å². The topological polar surface area (TPSA) is 46.2 Å². The van der Waals surface area contributed by atoms with Crippen molar-refractivity contribution in [1.82, 2.24) is 5.32 Å². The number of hydrogen-bond donors (Lipinski definition) is 1. The van der Waals surface area contributed by atoms with Crippen LogP contribution in [0, 0.1) is 0 Å². The van der Waals surface area contributed by atoms with Crippen molar-refractivity contribution in [2.24, 2.45) is 0 Å². The van der Waals surface area contributed by atoms with Gasteiger partial charge < -0.3 is 5.32 Å². The van der Waals surface area contributed by atoms with Crippen LogP contribution in [0.2, 0.25) is 0 Å². The molecule has 4 heteroatoms. The SMILES string of the molecule is O=C1NC=C(Cl)C1=O. The third-order valence-electron chi connectivity index (χ3n) is 0.753. The minimum atomic E-state index is -0.660. The molecule has 0 aromatic heterocycles. The summed E-state index contributed by atoms with van der Waals surface area (Å²) in [5.74, 6) is -1.32. The first kappa shape index (κ1) is 5.31. The molecular formula is C4H2ClNO2. The molecule has 0 aromatic rings. The smallest absolute Gasteiger partial charge is 0.297 e. The van der Waals surface area contributed by atoms with Gasteiger partial charge in [0.25, 0.3) is 11.7 Å². The molecule has 8 heavy (non-hydrogen) atoms. The van der Waals surface area contributed by atoms with E-state index < -0.39 is 11.7 Å². The molecule has 0 saturated heterocycles. The third kappa shape index (κ3) is 0.607. The number of carbonyl (C=O) groups is 2. The van der Waals surface area contributed by atoms with E-state index in [0.717, 1.165) is 0 Å². The number of ketones is 1. The Hall–Kier alpha value is -0.830. The minimum Gasteiger partial charge on any atom is -0.324 e. The Morgan fingerprint density at radius 2 is 2.12 bits per heavy atom. The predicted octanol–water partition coefficient (Wildman–Crippen LogP) is -0.235. The maximum Gasteiger partial charge on any atom is 0.297 e. The number of carbonyl (C=O) groups excluding carboxylic acids is 2. The van der Waals surface area contributed by atoms with Crippen LogP contribution < -0.4 is 5.32 Å². The summed E-state index contributed by atoms with van der Waals surface area (Å²) in [5.41, 5.74) is 0. The summed E-state index contributed by atoms with van der Waals surface area (Å²) in [7, 11) is 0. The molecule has 0 radical (unpaired) electrons. The zero-order valence-electron chi connectivity index (χ0n) is 3.77. The summed E-state index contributed by atoms with van der Waals surface area (Å²) in [4.78, 5) is 20.5. The zero-order chi connectivity index (χ0) is 6.15. The van der Waals surface area contributed by atoms with Crippen molar-refractivity contribution in [2.45, 2.75) is 0 Å². The highest BCUT2D eigenvalue weighted by Gasteiger charge is 2.21. The van der Waals surface area contributed by atoms with Crippen LogP contribution in [0.4, 0.5) is 0 Å². The molecule has 0 aromatic carbocycles. The molecule has 0 saturated carbocycles. The average Bonchev–Trinajstić information content (AvgIpc) is 1.98. The first-order chi connectivity index (χ1) is 3.72. The molecule has 0 bridgehead atoms. The number of hydrogen-bond acceptors (Lipinski definition) is 2. The largest absolute Gasteiger partial charge is 0.324 e. The number of halogens is 1. The normalized spacial score (nSPS) is 18.4. The fraction of sp³-hybridized carbons (Fsp3) is 0. The lowest BCUT2D eigenvalue weighted by Crippen LogP contribution is -2.18. The summed E-state index contributed by atoms with van der Waals surface area (Å²) >= 11 is 5.19. The highest BCUT2D eigenvalue weighted by molar-refractivity contribution is 6.59. The molecule has 0 atom stereocenters. The van der Waals surface area contributed by atoms with Gasteiger partial charge in [-0.3, -0.25) is 9.59 Å². The van der Waals surface area contributed by atoms with Gasteiger partial charge in [-0.2, -0.15) is 0 Å². The van der Waals surface area contributed by atoms with Crippen molar-refractivity contribution in [1.29, 1.82) is 0 Å². The van der Waals surface area contributed by atoms with Gasteiger partial charge in [0, 0.05) is 6.20 Å². The van der Waals surface area contributed by atoms with Gasteiger partial charge in [-0.05, 0) is 0 Å². The van der Waals surface area contributed by atoms with Crippen LogP contribution >= 0.6 is 11.6 Å². The van der Waals surface area contributed by atoms with E-state index in [1.807, 2.05) is 0 Å². The first-order valence-corrected chi connectivity index (χ1v) is 2.30. The molecule has 1 amide bonds. The third-order valence-corrected chi connectivity index (χ3v) is 1.03. The fourth-order valence-electron chi connectivity index (χ4n) is 0.368. The molecule has 42 valence electrons. The van der Waals surface area contributed by atoms with E-state index in [2.05, 4.69) is 5.32 Å². The number of nitrogens with one attached hydrogen (secondary N) is 1. The lowest BCUT2D eigenvalue weighted by Gasteiger charge is -1.79. The van der Waals surface area contributed by atoms with Crippen molar-refractivity contribution < 1.29 is 9.59 Å². The minimum absolute atomic E-state index is 0.0463. The number of Topliss-reactive ketones (excluding diaryl/α,β-unsaturated/α-hetero) is 1. The average molecular weight is 132 g/mol. The Morgan fingerprint density at radius 1 is 1.50 bits per heavy atom. The van der Waals surface area contributed by atoms with Crippen molar-refractivity contribution >= 4 is 23.3 Å². The Bertz CT molecular complexity index is 184. The summed E-state index contributed by atoms with van der Waals surface area (Å²) in [5, 5.41) is 2.09. The van der Waals surface area contributed by atoms with E-state index in [1.54, 1.807) is 0 Å². The van der Waals surface area contributed by atoms with Crippen LogP contribution in [0.5, 0.6) is 0 Å². The summed E-state index contributed by atoms with van der Waals surface area (Å²) < 4.78 is 0. The van der Waals surface area contributed by atoms with E-state index in [9.17, 15) is 9.59 Å². The van der Waals surface area contributed by atoms with E-state index >= 15 is 0 Å². The summed E-state index contributed by atoms with van der Waals surface area (Å²) in [6.07, 6.45) is 1.17. The molecule has 0 fully saturated rings. The Kier molecular flexibility index (Phi) is 1.06. The Labute approximate surface area is 50.3 Å². The van der Waals surface area contributed by atoms with Crippen LogP contribution in [-0.2, 0) is 9.59 Å². The Balaban J connectivity index is 2.89. The molecule has 1 rings (SSSR count). The predicted molar refractivity (Wildman–Crippen MR) is 27.1 cm³/mol. The van der Waals surface area contributed by atoms with Crippen molar-refractivity contribution in [2.75, 3.05) is 0 Å². The monoisotopic (exact) mass is 131 g/mol. The van der Waals surface area contributed by atoms with Gasteiger partial charge in [0.05, 0.1) is 0 Å². The molecule has 1 aliphatic rings. The lowest BCUT2D eigenvalue weighted by molar-refractivity contribution is -0.133. The van der Waals surface area contributed by atoms with Gasteiger partial charge in [0.15, 0.2) is 0 Å². The molecule has 3 nitrogen and oxygen atoms in total. The maximum absolute atomic E-state index is 10.3. The zero-order valence-corrected chi connectivity index (χ0v) is 4.53. The number of rotatable bonds is 0. The fourth-order valence-corrected chi connectivity index (χ4v) is 0.509. The lowest BCUT2D eigenvalue weighted by atomic mass is 10.4. The first-order valence-electron chi connectivity index (χ1n) is 1.92. The van der Waals surface area contributed by atoms with Crippen LogP contribution in [0.15, 0.2) is 11.2 Å². The van der Waals surface area contributed by atoms with Crippen molar-refractivity contribution in [3.8, 4) is 0 Å². The second kappa shape index (κ2) is 1.59. The highest BCUT2D eigenvalue weighted by Crippen LogP contribution is 2.05. The van der Waals surface area contributed by atoms with Gasteiger partial charge >= 0.3 is 0 Å². The summed E-state index contributed by atoms with van der Waals surface area (Å²) in [6.45, 7) is 0.